The Morgan fingerprint density at radius 1 is 1.30 bits per heavy atom. The minimum Gasteiger partial charge on any atom is -0.462 e. The average molecular weight is 333 g/mol. The van der Waals surface area contributed by atoms with E-state index in [1.54, 1.807) is 6.33 Å². The fraction of sp³-hybridized carbons (Fsp3) is 0.588. The van der Waals surface area contributed by atoms with Crippen LogP contribution in [0.2, 0.25) is 0 Å². The molecule has 0 atom stereocenters. The van der Waals surface area contributed by atoms with Crippen LogP contribution in [0.5, 0.6) is 0 Å². The van der Waals surface area contributed by atoms with Gasteiger partial charge in [0.15, 0.2) is 0 Å². The monoisotopic (exact) mass is 333 g/mol. The lowest BCUT2D eigenvalue weighted by molar-refractivity contribution is 0.0531. The number of rotatable bonds is 4. The van der Waals surface area contributed by atoms with Crippen molar-refractivity contribution in [3.8, 4) is 0 Å². The molecule has 0 aromatic carbocycles. The van der Waals surface area contributed by atoms with Gasteiger partial charge in [0.05, 0.1) is 12.0 Å². The van der Waals surface area contributed by atoms with Crippen molar-refractivity contribution < 1.29 is 9.53 Å². The molecule has 5 nitrogen and oxygen atoms in total. The number of aryl methyl sites for hydroxylation is 1. The number of fused-ring (bicyclic) bond motifs is 1. The number of aromatic nitrogens is 2. The van der Waals surface area contributed by atoms with E-state index in [9.17, 15) is 4.79 Å². The maximum absolute atomic E-state index is 12.1. The molecule has 0 unspecified atom stereocenters. The molecular formula is C17H23N3O2S. The molecule has 0 spiro atoms. The minimum atomic E-state index is -0.270. The van der Waals surface area contributed by atoms with Crippen LogP contribution in [0.3, 0.4) is 0 Å². The van der Waals surface area contributed by atoms with E-state index >= 15 is 0 Å². The molecule has 0 bridgehead atoms. The molecule has 2 heterocycles. The quantitative estimate of drug-likeness (QED) is 0.667. The number of carbonyl (C=O) groups is 1. The molecule has 0 amide bonds. The van der Waals surface area contributed by atoms with Crippen LogP contribution in [-0.2, 0) is 4.74 Å². The Labute approximate surface area is 140 Å². The number of thiophene rings is 1. The Balaban J connectivity index is 1.92. The molecule has 0 saturated heterocycles. The van der Waals surface area contributed by atoms with Crippen molar-refractivity contribution in [2.75, 3.05) is 11.9 Å². The second-order valence-electron chi connectivity index (χ2n) is 6.01. The summed E-state index contributed by atoms with van der Waals surface area (Å²) in [7, 11) is 0. The van der Waals surface area contributed by atoms with Crippen molar-refractivity contribution in [1.29, 1.82) is 0 Å². The smallest absolute Gasteiger partial charge is 0.348 e. The van der Waals surface area contributed by atoms with Crippen molar-refractivity contribution in [3.63, 3.8) is 0 Å². The molecule has 1 fully saturated rings. The van der Waals surface area contributed by atoms with Gasteiger partial charge in [-0.3, -0.25) is 0 Å². The third-order valence-corrected chi connectivity index (χ3v) is 5.56. The zero-order valence-corrected chi connectivity index (χ0v) is 14.5. The predicted molar refractivity (Wildman–Crippen MR) is 93.2 cm³/mol. The number of nitrogens with zero attached hydrogens (tertiary/aromatic N) is 2. The normalized spacial score (nSPS) is 16.3. The van der Waals surface area contributed by atoms with E-state index < -0.39 is 0 Å². The molecule has 6 heteroatoms. The number of hydrogen-bond donors (Lipinski definition) is 1. The van der Waals surface area contributed by atoms with E-state index in [-0.39, 0.29) is 5.97 Å². The highest BCUT2D eigenvalue weighted by atomic mass is 32.1. The van der Waals surface area contributed by atoms with Crippen LogP contribution in [0.15, 0.2) is 6.33 Å². The van der Waals surface area contributed by atoms with E-state index in [0.29, 0.717) is 17.5 Å². The summed E-state index contributed by atoms with van der Waals surface area (Å²) in [5.41, 5.74) is 0.917. The highest BCUT2D eigenvalue weighted by Crippen LogP contribution is 2.34. The standard InChI is InChI=1S/C17H23N3O2S/c1-3-22-17(21)14-11(2)13-15(18-10-19-16(13)23-14)20-12-8-6-4-5-7-9-12/h10,12H,3-9H2,1-2H3,(H,18,19,20). The van der Waals surface area contributed by atoms with Gasteiger partial charge in [-0.1, -0.05) is 25.7 Å². The second kappa shape index (κ2) is 7.25. The average Bonchev–Trinajstić information content (AvgIpc) is 2.72. The number of ether oxygens (including phenoxy) is 1. The highest BCUT2D eigenvalue weighted by molar-refractivity contribution is 7.20. The number of carbonyl (C=O) groups excluding carboxylic acids is 1. The second-order valence-corrected chi connectivity index (χ2v) is 7.01. The van der Waals surface area contributed by atoms with Gasteiger partial charge < -0.3 is 10.1 Å². The first-order valence-corrected chi connectivity index (χ1v) is 9.20. The summed E-state index contributed by atoms with van der Waals surface area (Å²) >= 11 is 1.39. The van der Waals surface area contributed by atoms with Gasteiger partial charge >= 0.3 is 5.97 Å². The summed E-state index contributed by atoms with van der Waals surface area (Å²) in [5.74, 6) is 0.583. The van der Waals surface area contributed by atoms with Crippen LogP contribution < -0.4 is 5.32 Å². The third kappa shape index (κ3) is 3.47. The number of esters is 1. The molecule has 0 aliphatic heterocycles. The first-order valence-electron chi connectivity index (χ1n) is 8.38. The maximum atomic E-state index is 12.1. The molecule has 2 aromatic heterocycles. The molecule has 1 aliphatic rings. The van der Waals surface area contributed by atoms with Crippen LogP contribution in [0, 0.1) is 6.92 Å². The van der Waals surface area contributed by atoms with Gasteiger partial charge in [0.1, 0.15) is 21.9 Å². The van der Waals surface area contributed by atoms with Crippen LogP contribution >= 0.6 is 11.3 Å². The van der Waals surface area contributed by atoms with Crippen molar-refractivity contribution in [2.45, 2.75) is 58.4 Å². The predicted octanol–water partition coefficient (Wildman–Crippen LogP) is 4.31. The van der Waals surface area contributed by atoms with E-state index in [2.05, 4.69) is 15.3 Å². The Bertz CT molecular complexity index is 690. The van der Waals surface area contributed by atoms with Gasteiger partial charge in [-0.05, 0) is 32.3 Å². The summed E-state index contributed by atoms with van der Waals surface area (Å²) < 4.78 is 5.15. The summed E-state index contributed by atoms with van der Waals surface area (Å²) in [6, 6.07) is 0.459. The Morgan fingerprint density at radius 3 is 2.74 bits per heavy atom. The van der Waals surface area contributed by atoms with Gasteiger partial charge in [-0.25, -0.2) is 14.8 Å². The lowest BCUT2D eigenvalue weighted by Gasteiger charge is -2.17. The van der Waals surface area contributed by atoms with Crippen molar-refractivity contribution in [2.24, 2.45) is 0 Å². The zero-order chi connectivity index (χ0) is 16.2. The highest BCUT2D eigenvalue weighted by Gasteiger charge is 2.21. The minimum absolute atomic E-state index is 0.270. The van der Waals surface area contributed by atoms with Gasteiger partial charge in [0.25, 0.3) is 0 Å². The Morgan fingerprint density at radius 2 is 2.04 bits per heavy atom. The van der Waals surface area contributed by atoms with Crippen LogP contribution in [0.25, 0.3) is 10.2 Å². The van der Waals surface area contributed by atoms with Gasteiger partial charge in [0, 0.05) is 6.04 Å². The molecule has 1 N–H and O–H groups in total. The number of nitrogens with one attached hydrogen (secondary N) is 1. The Hall–Kier alpha value is -1.69. The molecule has 124 valence electrons. The van der Waals surface area contributed by atoms with E-state index in [1.165, 1.54) is 49.9 Å². The first-order chi connectivity index (χ1) is 11.2. The number of anilines is 1. The van der Waals surface area contributed by atoms with E-state index in [0.717, 1.165) is 21.6 Å². The number of hydrogen-bond acceptors (Lipinski definition) is 6. The molecule has 2 aromatic rings. The van der Waals surface area contributed by atoms with Gasteiger partial charge in [-0.15, -0.1) is 11.3 Å². The van der Waals surface area contributed by atoms with E-state index in [1.807, 2.05) is 13.8 Å². The summed E-state index contributed by atoms with van der Waals surface area (Å²) in [5, 5.41) is 4.56. The largest absolute Gasteiger partial charge is 0.462 e. The molecule has 1 aliphatic carbocycles. The molecule has 1 saturated carbocycles. The molecular weight excluding hydrogens is 310 g/mol. The zero-order valence-electron chi connectivity index (χ0n) is 13.7. The summed E-state index contributed by atoms with van der Waals surface area (Å²) in [6.07, 6.45) is 9.11. The fourth-order valence-electron chi connectivity index (χ4n) is 3.19. The Kier molecular flexibility index (Phi) is 5.10. The van der Waals surface area contributed by atoms with E-state index in [4.69, 9.17) is 4.74 Å². The van der Waals surface area contributed by atoms with Crippen molar-refractivity contribution in [3.05, 3.63) is 16.8 Å². The third-order valence-electron chi connectivity index (χ3n) is 4.38. The summed E-state index contributed by atoms with van der Waals surface area (Å²) in [6.45, 7) is 4.15. The first kappa shape index (κ1) is 16.2. The van der Waals surface area contributed by atoms with Crippen LogP contribution in [0.4, 0.5) is 5.82 Å². The fourth-order valence-corrected chi connectivity index (χ4v) is 4.23. The van der Waals surface area contributed by atoms with Crippen LogP contribution in [-0.4, -0.2) is 28.6 Å². The lowest BCUT2D eigenvalue weighted by atomic mass is 10.1. The van der Waals surface area contributed by atoms with Crippen molar-refractivity contribution >= 4 is 33.3 Å². The molecule has 3 rings (SSSR count). The topological polar surface area (TPSA) is 64.1 Å². The molecule has 0 radical (unpaired) electrons. The van der Waals surface area contributed by atoms with Gasteiger partial charge in [0.2, 0.25) is 0 Å². The SMILES string of the molecule is CCOC(=O)c1sc2ncnc(NC3CCCCCC3)c2c1C. The molecule has 23 heavy (non-hydrogen) atoms. The van der Waals surface area contributed by atoms with Gasteiger partial charge in [-0.2, -0.15) is 0 Å². The van der Waals surface area contributed by atoms with Crippen LogP contribution in [0.1, 0.15) is 60.7 Å². The lowest BCUT2D eigenvalue weighted by Crippen LogP contribution is -2.19. The maximum Gasteiger partial charge on any atom is 0.348 e. The summed E-state index contributed by atoms with van der Waals surface area (Å²) in [4.78, 5) is 22.4. The van der Waals surface area contributed by atoms with Crippen molar-refractivity contribution in [1.82, 2.24) is 9.97 Å².